The first-order chi connectivity index (χ1) is 11.0. The van der Waals surface area contributed by atoms with Crippen molar-refractivity contribution in [3.8, 4) is 11.8 Å². The van der Waals surface area contributed by atoms with E-state index in [4.69, 9.17) is 10.00 Å². The quantitative estimate of drug-likeness (QED) is 0.821. The molecule has 0 amide bonds. The molecule has 0 heterocycles. The first kappa shape index (κ1) is 16.5. The van der Waals surface area contributed by atoms with E-state index < -0.39 is 5.82 Å². The van der Waals surface area contributed by atoms with Gasteiger partial charge in [-0.1, -0.05) is 6.07 Å². The van der Waals surface area contributed by atoms with Crippen LogP contribution in [-0.4, -0.2) is 12.4 Å². The van der Waals surface area contributed by atoms with E-state index in [1.807, 2.05) is 0 Å². The monoisotopic (exact) mass is 312 g/mol. The Bertz CT molecular complexity index is 766. The molecular formula is C18H17FN2O2. The fourth-order valence-corrected chi connectivity index (χ4v) is 2.13. The predicted molar refractivity (Wildman–Crippen MR) is 86.1 cm³/mol. The van der Waals surface area contributed by atoms with E-state index in [0.717, 1.165) is 0 Å². The maximum absolute atomic E-state index is 13.8. The van der Waals surface area contributed by atoms with Gasteiger partial charge in [0.25, 0.3) is 0 Å². The van der Waals surface area contributed by atoms with Crippen LogP contribution in [0.5, 0.6) is 5.75 Å². The highest BCUT2D eigenvalue weighted by Gasteiger charge is 2.08. The highest BCUT2D eigenvalue weighted by Crippen LogP contribution is 2.21. The van der Waals surface area contributed by atoms with Gasteiger partial charge in [0.05, 0.1) is 17.9 Å². The first-order valence-electron chi connectivity index (χ1n) is 7.25. The third-order valence-corrected chi connectivity index (χ3v) is 3.33. The van der Waals surface area contributed by atoms with Gasteiger partial charge in [-0.15, -0.1) is 0 Å². The SMILES string of the molecule is CCOc1ccc(CNc2cc(C(C)=O)ccc2C#N)cc1F. The number of nitriles is 1. The van der Waals surface area contributed by atoms with Crippen LogP contribution in [0.15, 0.2) is 36.4 Å². The summed E-state index contributed by atoms with van der Waals surface area (Å²) in [6.07, 6.45) is 0. The summed E-state index contributed by atoms with van der Waals surface area (Å²) in [4.78, 5) is 11.4. The van der Waals surface area contributed by atoms with E-state index >= 15 is 0 Å². The number of ether oxygens (including phenoxy) is 1. The lowest BCUT2D eigenvalue weighted by Gasteiger charge is -2.11. The second kappa shape index (κ2) is 7.41. The zero-order valence-corrected chi connectivity index (χ0v) is 13.0. The van der Waals surface area contributed by atoms with E-state index in [0.29, 0.717) is 35.5 Å². The van der Waals surface area contributed by atoms with Gasteiger partial charge in [-0.05, 0) is 49.7 Å². The lowest BCUT2D eigenvalue weighted by Crippen LogP contribution is -2.04. The molecular weight excluding hydrogens is 295 g/mol. The van der Waals surface area contributed by atoms with Gasteiger partial charge >= 0.3 is 0 Å². The van der Waals surface area contributed by atoms with Crippen molar-refractivity contribution in [3.63, 3.8) is 0 Å². The Morgan fingerprint density at radius 3 is 2.70 bits per heavy atom. The molecule has 0 atom stereocenters. The molecule has 4 nitrogen and oxygen atoms in total. The molecule has 118 valence electrons. The first-order valence-corrected chi connectivity index (χ1v) is 7.25. The van der Waals surface area contributed by atoms with Crippen LogP contribution in [0.3, 0.4) is 0 Å². The molecule has 0 spiro atoms. The molecule has 2 aromatic rings. The van der Waals surface area contributed by atoms with E-state index in [1.54, 1.807) is 37.3 Å². The van der Waals surface area contributed by atoms with Crippen molar-refractivity contribution in [1.82, 2.24) is 0 Å². The van der Waals surface area contributed by atoms with Crippen LogP contribution in [-0.2, 0) is 6.54 Å². The number of ketones is 1. The summed E-state index contributed by atoms with van der Waals surface area (Å²) in [7, 11) is 0. The molecule has 0 aromatic heterocycles. The Balaban J connectivity index is 2.17. The number of nitrogens with one attached hydrogen (secondary N) is 1. The van der Waals surface area contributed by atoms with Crippen molar-refractivity contribution < 1.29 is 13.9 Å². The minimum atomic E-state index is -0.427. The maximum atomic E-state index is 13.8. The van der Waals surface area contributed by atoms with Crippen LogP contribution >= 0.6 is 0 Å². The van der Waals surface area contributed by atoms with Gasteiger partial charge < -0.3 is 10.1 Å². The molecule has 0 aliphatic carbocycles. The van der Waals surface area contributed by atoms with Gasteiger partial charge in [0.15, 0.2) is 17.3 Å². The highest BCUT2D eigenvalue weighted by molar-refractivity contribution is 5.95. The lowest BCUT2D eigenvalue weighted by molar-refractivity contribution is 0.101. The molecule has 1 N–H and O–H groups in total. The molecule has 0 aliphatic heterocycles. The van der Waals surface area contributed by atoms with Crippen LogP contribution in [0.1, 0.15) is 35.3 Å². The topological polar surface area (TPSA) is 62.1 Å². The molecule has 23 heavy (non-hydrogen) atoms. The van der Waals surface area contributed by atoms with Crippen LogP contribution in [0.2, 0.25) is 0 Å². The standard InChI is InChI=1S/C18H17FN2O2/c1-3-23-18-7-4-13(8-16(18)19)11-21-17-9-14(12(2)22)5-6-15(17)10-20/h4-9,21H,3,11H2,1-2H3. The molecule has 0 unspecified atom stereocenters. The Morgan fingerprint density at radius 1 is 1.30 bits per heavy atom. The van der Waals surface area contributed by atoms with Crippen molar-refractivity contribution in [2.75, 3.05) is 11.9 Å². The molecule has 5 heteroatoms. The Kier molecular flexibility index (Phi) is 5.32. The fraction of sp³-hybridized carbons (Fsp3) is 0.222. The third kappa shape index (κ3) is 4.07. The van der Waals surface area contributed by atoms with Crippen LogP contribution in [0.4, 0.5) is 10.1 Å². The molecule has 0 bridgehead atoms. The van der Waals surface area contributed by atoms with Crippen molar-refractivity contribution in [2.24, 2.45) is 0 Å². The number of rotatable bonds is 6. The molecule has 0 saturated carbocycles. The molecule has 0 radical (unpaired) electrons. The average molecular weight is 312 g/mol. The molecule has 0 fully saturated rings. The van der Waals surface area contributed by atoms with Gasteiger partial charge in [0.1, 0.15) is 6.07 Å². The van der Waals surface area contributed by atoms with Crippen molar-refractivity contribution in [1.29, 1.82) is 5.26 Å². The largest absolute Gasteiger partial charge is 0.491 e. The number of hydrogen-bond acceptors (Lipinski definition) is 4. The summed E-state index contributed by atoms with van der Waals surface area (Å²) in [5.74, 6) is -0.290. The fourth-order valence-electron chi connectivity index (χ4n) is 2.13. The second-order valence-electron chi connectivity index (χ2n) is 4.98. The highest BCUT2D eigenvalue weighted by atomic mass is 19.1. The molecule has 2 aromatic carbocycles. The van der Waals surface area contributed by atoms with Crippen molar-refractivity contribution in [3.05, 3.63) is 58.9 Å². The average Bonchev–Trinajstić information content (AvgIpc) is 2.55. The van der Waals surface area contributed by atoms with Gasteiger partial charge in [0.2, 0.25) is 0 Å². The number of nitrogens with zero attached hydrogens (tertiary/aromatic N) is 1. The molecule has 0 saturated heterocycles. The zero-order valence-electron chi connectivity index (χ0n) is 13.0. The number of carbonyl (C=O) groups is 1. The minimum Gasteiger partial charge on any atom is -0.491 e. The van der Waals surface area contributed by atoms with Crippen LogP contribution < -0.4 is 10.1 Å². The summed E-state index contributed by atoms with van der Waals surface area (Å²) < 4.78 is 19.0. The molecule has 0 aliphatic rings. The van der Waals surface area contributed by atoms with Crippen molar-refractivity contribution in [2.45, 2.75) is 20.4 Å². The number of Topliss-reactive ketones (excluding diaryl/α,β-unsaturated/α-hetero) is 1. The number of benzene rings is 2. The number of anilines is 1. The van der Waals surface area contributed by atoms with Crippen LogP contribution in [0.25, 0.3) is 0 Å². The van der Waals surface area contributed by atoms with Crippen LogP contribution in [0, 0.1) is 17.1 Å². The summed E-state index contributed by atoms with van der Waals surface area (Å²) in [6.45, 7) is 3.99. The van der Waals surface area contributed by atoms with Crippen molar-refractivity contribution >= 4 is 11.5 Å². The number of hydrogen-bond donors (Lipinski definition) is 1. The third-order valence-electron chi connectivity index (χ3n) is 3.33. The smallest absolute Gasteiger partial charge is 0.165 e. The minimum absolute atomic E-state index is 0.0790. The van der Waals surface area contributed by atoms with E-state index in [9.17, 15) is 9.18 Å². The summed E-state index contributed by atoms with van der Waals surface area (Å²) in [5, 5.41) is 12.2. The van der Waals surface area contributed by atoms with Gasteiger partial charge in [-0.2, -0.15) is 5.26 Å². The predicted octanol–water partition coefficient (Wildman–Crippen LogP) is 3.91. The molecule has 2 rings (SSSR count). The summed E-state index contributed by atoms with van der Waals surface area (Å²) in [5.41, 5.74) is 2.21. The van der Waals surface area contributed by atoms with E-state index in [1.165, 1.54) is 13.0 Å². The lowest BCUT2D eigenvalue weighted by atomic mass is 10.1. The maximum Gasteiger partial charge on any atom is 0.165 e. The Morgan fingerprint density at radius 2 is 2.09 bits per heavy atom. The number of carbonyl (C=O) groups excluding carboxylic acids is 1. The van der Waals surface area contributed by atoms with Gasteiger partial charge in [-0.3, -0.25) is 4.79 Å². The second-order valence-corrected chi connectivity index (χ2v) is 4.98. The van der Waals surface area contributed by atoms with E-state index in [-0.39, 0.29) is 11.5 Å². The summed E-state index contributed by atoms with van der Waals surface area (Å²) in [6, 6.07) is 11.6. The normalized spacial score (nSPS) is 10.0. The Hall–Kier alpha value is -2.87. The number of halogens is 1. The van der Waals surface area contributed by atoms with E-state index in [2.05, 4.69) is 11.4 Å². The van der Waals surface area contributed by atoms with Gasteiger partial charge in [0, 0.05) is 12.1 Å². The van der Waals surface area contributed by atoms with Gasteiger partial charge in [-0.25, -0.2) is 4.39 Å². The summed E-state index contributed by atoms with van der Waals surface area (Å²) >= 11 is 0. The Labute approximate surface area is 134 Å². The zero-order chi connectivity index (χ0) is 16.8.